The average Bonchev–Trinajstić information content (AvgIpc) is 3.31. The molecule has 0 radical (unpaired) electrons. The van der Waals surface area contributed by atoms with E-state index in [9.17, 15) is 23.4 Å². The smallest absolute Gasteiger partial charge is 0.416 e. The topological polar surface area (TPSA) is 114 Å². The maximum atomic E-state index is 13.3. The lowest BCUT2D eigenvalue weighted by atomic mass is 10.1. The van der Waals surface area contributed by atoms with E-state index < -0.39 is 30.8 Å². The highest BCUT2D eigenvalue weighted by Crippen LogP contribution is 2.44. The summed E-state index contributed by atoms with van der Waals surface area (Å²) in [7, 11) is 0. The zero-order valence-electron chi connectivity index (χ0n) is 19.9. The molecule has 2 aliphatic heterocycles. The van der Waals surface area contributed by atoms with E-state index in [1.54, 1.807) is 17.0 Å². The Labute approximate surface area is 221 Å². The van der Waals surface area contributed by atoms with Crippen molar-refractivity contribution in [2.45, 2.75) is 31.1 Å². The van der Waals surface area contributed by atoms with Gasteiger partial charge in [-0.05, 0) is 30.7 Å². The SMILES string of the molecule is OC[C@H](O)COc1ccnc(NC(O)N2c3nc(-c4cccc(C(F)(F)F)c4)c(Cl)cc3N3CC[C@H]2C3)c1. The third-order valence-corrected chi connectivity index (χ3v) is 6.75. The fourth-order valence-electron chi connectivity index (χ4n) is 4.64. The molecule has 0 aliphatic carbocycles. The van der Waals surface area contributed by atoms with Crippen LogP contribution in [0.5, 0.6) is 5.75 Å². The van der Waals surface area contributed by atoms with Gasteiger partial charge in [-0.1, -0.05) is 23.7 Å². The molecule has 4 heterocycles. The Morgan fingerprint density at radius 2 is 2.00 bits per heavy atom. The van der Waals surface area contributed by atoms with Crippen molar-refractivity contribution in [1.29, 1.82) is 0 Å². The van der Waals surface area contributed by atoms with Crippen molar-refractivity contribution in [3.8, 4) is 17.0 Å². The number of hydrogen-bond acceptors (Lipinski definition) is 9. The third-order valence-electron chi connectivity index (χ3n) is 6.47. The predicted molar refractivity (Wildman–Crippen MR) is 135 cm³/mol. The number of pyridine rings is 2. The summed E-state index contributed by atoms with van der Waals surface area (Å²) in [5.74, 6) is 1.03. The second-order valence-electron chi connectivity index (χ2n) is 9.08. The van der Waals surface area contributed by atoms with Gasteiger partial charge in [0.1, 0.15) is 24.3 Å². The molecule has 202 valence electrons. The van der Waals surface area contributed by atoms with Crippen molar-refractivity contribution in [3.63, 3.8) is 0 Å². The molecule has 3 aromatic rings. The summed E-state index contributed by atoms with van der Waals surface area (Å²) in [4.78, 5) is 12.6. The van der Waals surface area contributed by atoms with Crippen LogP contribution >= 0.6 is 11.6 Å². The molecule has 3 atom stereocenters. The Balaban J connectivity index is 1.45. The highest BCUT2D eigenvalue weighted by atomic mass is 35.5. The highest BCUT2D eigenvalue weighted by Gasteiger charge is 2.41. The molecule has 0 amide bonds. The zero-order chi connectivity index (χ0) is 27.0. The van der Waals surface area contributed by atoms with E-state index in [1.165, 1.54) is 24.4 Å². The summed E-state index contributed by atoms with van der Waals surface area (Å²) in [6.45, 7) is 0.753. The minimum atomic E-state index is -4.52. The number of aliphatic hydroxyl groups excluding tert-OH is 3. The summed E-state index contributed by atoms with van der Waals surface area (Å²) in [6, 6.07) is 9.44. The minimum Gasteiger partial charge on any atom is -0.491 e. The van der Waals surface area contributed by atoms with Crippen LogP contribution in [0.25, 0.3) is 11.3 Å². The van der Waals surface area contributed by atoms with Gasteiger partial charge >= 0.3 is 6.18 Å². The van der Waals surface area contributed by atoms with Gasteiger partial charge in [0.2, 0.25) is 6.35 Å². The molecule has 1 fully saturated rings. The van der Waals surface area contributed by atoms with E-state index in [-0.39, 0.29) is 34.7 Å². The van der Waals surface area contributed by atoms with Crippen LogP contribution in [0.3, 0.4) is 0 Å². The Bertz CT molecular complexity index is 1310. The molecule has 13 heteroatoms. The lowest BCUT2D eigenvalue weighted by Gasteiger charge is -2.40. The van der Waals surface area contributed by atoms with Crippen LogP contribution in [-0.2, 0) is 6.18 Å². The molecule has 9 nitrogen and oxygen atoms in total. The van der Waals surface area contributed by atoms with Crippen LogP contribution in [0.2, 0.25) is 5.02 Å². The van der Waals surface area contributed by atoms with Crippen molar-refractivity contribution in [3.05, 3.63) is 59.2 Å². The fourth-order valence-corrected chi connectivity index (χ4v) is 4.90. The molecule has 1 saturated heterocycles. The second kappa shape index (κ2) is 10.4. The monoisotopic (exact) mass is 551 g/mol. The molecular weight excluding hydrogens is 527 g/mol. The maximum absolute atomic E-state index is 13.3. The number of benzene rings is 1. The second-order valence-corrected chi connectivity index (χ2v) is 9.49. The van der Waals surface area contributed by atoms with Gasteiger partial charge in [-0.25, -0.2) is 9.97 Å². The Morgan fingerprint density at radius 1 is 1.18 bits per heavy atom. The van der Waals surface area contributed by atoms with E-state index in [0.717, 1.165) is 18.6 Å². The van der Waals surface area contributed by atoms with Gasteiger partial charge in [-0.15, -0.1) is 0 Å². The van der Waals surface area contributed by atoms with Crippen molar-refractivity contribution in [1.82, 2.24) is 9.97 Å². The molecule has 0 saturated carbocycles. The first-order valence-corrected chi connectivity index (χ1v) is 12.3. The van der Waals surface area contributed by atoms with Crippen molar-refractivity contribution in [2.24, 2.45) is 0 Å². The van der Waals surface area contributed by atoms with Crippen LogP contribution in [0.15, 0.2) is 48.7 Å². The molecule has 0 spiro atoms. The molecule has 2 aromatic heterocycles. The predicted octanol–water partition coefficient (Wildman–Crippen LogP) is 3.33. The lowest BCUT2D eigenvalue weighted by Crippen LogP contribution is -2.51. The van der Waals surface area contributed by atoms with Gasteiger partial charge in [0.25, 0.3) is 0 Å². The molecule has 4 N–H and O–H groups in total. The van der Waals surface area contributed by atoms with Gasteiger partial charge in [-0.2, -0.15) is 13.2 Å². The number of anilines is 3. The van der Waals surface area contributed by atoms with Gasteiger partial charge < -0.3 is 35.2 Å². The first kappa shape index (κ1) is 26.3. The van der Waals surface area contributed by atoms with Crippen molar-refractivity contribution >= 4 is 28.9 Å². The van der Waals surface area contributed by atoms with E-state index in [4.69, 9.17) is 21.4 Å². The normalized spacial score (nSPS) is 18.2. The number of nitrogens with one attached hydrogen (secondary N) is 1. The van der Waals surface area contributed by atoms with Gasteiger partial charge in [-0.3, -0.25) is 0 Å². The third kappa shape index (κ3) is 5.30. The largest absolute Gasteiger partial charge is 0.491 e. The quantitative estimate of drug-likeness (QED) is 0.313. The molecule has 38 heavy (non-hydrogen) atoms. The lowest BCUT2D eigenvalue weighted by molar-refractivity contribution is -0.137. The first-order valence-electron chi connectivity index (χ1n) is 11.9. The summed E-state index contributed by atoms with van der Waals surface area (Å²) < 4.78 is 45.4. The van der Waals surface area contributed by atoms with Crippen LogP contribution in [0, 0.1) is 0 Å². The number of rotatable bonds is 8. The van der Waals surface area contributed by atoms with Gasteiger partial charge in [0, 0.05) is 30.9 Å². The van der Waals surface area contributed by atoms with E-state index in [0.29, 0.717) is 30.3 Å². The number of fused-ring (bicyclic) bond motifs is 4. The molecule has 1 unspecified atom stereocenters. The summed E-state index contributed by atoms with van der Waals surface area (Å²) in [5, 5.41) is 32.8. The Hall–Kier alpha value is -3.32. The molecule has 1 aromatic carbocycles. The highest BCUT2D eigenvalue weighted by molar-refractivity contribution is 6.33. The number of hydrogen-bond donors (Lipinski definition) is 4. The van der Waals surface area contributed by atoms with Crippen LogP contribution in [-0.4, -0.2) is 70.1 Å². The standard InChI is InChI=1S/C25H25ClF3N5O4/c26-19-10-20-23(32-22(19)14-2-1-3-15(8-14)25(27,28)29)34(16-5-7-33(20)11-16)24(37)31-21-9-18(4-6-30-21)38-13-17(36)12-35/h1-4,6,8-10,16-17,24,35-37H,5,7,11-13H2,(H,30,31)/t16-,17-,24?/m0/s1. The van der Waals surface area contributed by atoms with E-state index >= 15 is 0 Å². The number of halogens is 4. The number of nitrogens with zero attached hydrogens (tertiary/aromatic N) is 4. The fraction of sp³-hybridized carbons (Fsp3) is 0.360. The molecule has 2 aliphatic rings. The summed E-state index contributed by atoms with van der Waals surface area (Å²) >= 11 is 6.51. The molecule has 2 bridgehead atoms. The van der Waals surface area contributed by atoms with Crippen molar-refractivity contribution < 1.29 is 33.2 Å². The number of aliphatic hydroxyl groups is 3. The molecule has 5 rings (SSSR count). The minimum absolute atomic E-state index is 0.118. The maximum Gasteiger partial charge on any atom is 0.416 e. The summed E-state index contributed by atoms with van der Waals surface area (Å²) in [6.07, 6.45) is -4.66. The molecular formula is C25H25ClF3N5O4. The Morgan fingerprint density at radius 3 is 2.76 bits per heavy atom. The first-order chi connectivity index (χ1) is 18.1. The van der Waals surface area contributed by atoms with E-state index in [2.05, 4.69) is 20.2 Å². The van der Waals surface area contributed by atoms with Crippen LogP contribution < -0.4 is 19.9 Å². The van der Waals surface area contributed by atoms with E-state index in [1.807, 2.05) is 0 Å². The number of aromatic nitrogens is 2. The van der Waals surface area contributed by atoms with Gasteiger partial charge in [0.05, 0.1) is 34.6 Å². The zero-order valence-corrected chi connectivity index (χ0v) is 20.7. The van der Waals surface area contributed by atoms with Crippen LogP contribution in [0.1, 0.15) is 12.0 Å². The van der Waals surface area contributed by atoms with Crippen LogP contribution in [0.4, 0.5) is 30.5 Å². The Kier molecular flexibility index (Phi) is 7.23. The average molecular weight is 552 g/mol. The number of ether oxygens (including phenoxy) is 1. The summed E-state index contributed by atoms with van der Waals surface area (Å²) in [5.41, 5.74) is 0.239. The number of alkyl halides is 3. The van der Waals surface area contributed by atoms with Gasteiger partial charge in [0.15, 0.2) is 5.82 Å². The van der Waals surface area contributed by atoms with Crippen molar-refractivity contribution in [2.75, 3.05) is 41.4 Å².